The minimum Gasteiger partial charge on any atom is -0.364 e. The molecule has 0 radical (unpaired) electrons. The van der Waals surface area contributed by atoms with E-state index in [9.17, 15) is 8.78 Å². The first-order valence-corrected chi connectivity index (χ1v) is 9.39. The van der Waals surface area contributed by atoms with Crippen LogP contribution in [0.25, 0.3) is 5.70 Å². The van der Waals surface area contributed by atoms with E-state index in [1.165, 1.54) is 12.8 Å². The van der Waals surface area contributed by atoms with Gasteiger partial charge in [0.25, 0.3) is 0 Å². The van der Waals surface area contributed by atoms with E-state index in [4.69, 9.17) is 0 Å². The quantitative estimate of drug-likeness (QED) is 0.810. The number of aromatic nitrogens is 2. The Balaban J connectivity index is 1.61. The summed E-state index contributed by atoms with van der Waals surface area (Å²) in [7, 11) is 0. The summed E-state index contributed by atoms with van der Waals surface area (Å²) in [6, 6.07) is 0.0479. The van der Waals surface area contributed by atoms with Crippen molar-refractivity contribution in [1.29, 1.82) is 0 Å². The van der Waals surface area contributed by atoms with Gasteiger partial charge in [-0.3, -0.25) is 4.68 Å². The summed E-state index contributed by atoms with van der Waals surface area (Å²) in [5, 5.41) is 11.0. The van der Waals surface area contributed by atoms with Crippen LogP contribution in [0, 0.1) is 5.92 Å². The van der Waals surface area contributed by atoms with E-state index in [0.717, 1.165) is 29.7 Å². The molecule has 2 aliphatic heterocycles. The van der Waals surface area contributed by atoms with Crippen LogP contribution in [0.2, 0.25) is 0 Å². The van der Waals surface area contributed by atoms with Gasteiger partial charge in [0.05, 0.1) is 24.3 Å². The summed E-state index contributed by atoms with van der Waals surface area (Å²) in [6.07, 6.45) is 12.2. The molecule has 1 aromatic rings. The number of alkyl halides is 2. The maximum absolute atomic E-state index is 12.8. The normalized spacial score (nSPS) is 26.3. The summed E-state index contributed by atoms with van der Waals surface area (Å²) in [4.78, 5) is 4.47. The minimum atomic E-state index is -2.26. The summed E-state index contributed by atoms with van der Waals surface area (Å²) in [5.41, 5.74) is 2.53. The maximum Gasteiger partial charge on any atom is 0.238 e. The molecule has 0 aromatic carbocycles. The maximum atomic E-state index is 12.8. The van der Waals surface area contributed by atoms with Crippen molar-refractivity contribution in [2.75, 3.05) is 0 Å². The van der Waals surface area contributed by atoms with Crippen LogP contribution in [0.1, 0.15) is 57.1 Å². The van der Waals surface area contributed by atoms with Crippen LogP contribution in [-0.4, -0.2) is 28.2 Å². The highest BCUT2D eigenvalue weighted by Gasteiger charge is 2.35. The number of nitrogens with one attached hydrogen (secondary N) is 2. The number of rotatable bonds is 6. The van der Waals surface area contributed by atoms with Gasteiger partial charge in [0.15, 0.2) is 5.66 Å². The fourth-order valence-electron chi connectivity index (χ4n) is 4.37. The summed E-state index contributed by atoms with van der Waals surface area (Å²) >= 11 is 0. The Morgan fingerprint density at radius 3 is 2.88 bits per heavy atom. The predicted molar refractivity (Wildman–Crippen MR) is 97.7 cm³/mol. The lowest BCUT2D eigenvalue weighted by molar-refractivity contribution is 0.120. The third-order valence-electron chi connectivity index (χ3n) is 5.79. The molecule has 1 aliphatic carbocycles. The van der Waals surface area contributed by atoms with Crippen molar-refractivity contribution in [2.24, 2.45) is 10.9 Å². The summed E-state index contributed by atoms with van der Waals surface area (Å²) in [5.74, 6) is 0.443. The number of aliphatic imine (C=N–C) groups is 1. The van der Waals surface area contributed by atoms with E-state index < -0.39 is 12.1 Å². The fraction of sp³-hybridized carbons (Fsp3) is 0.579. The molecule has 2 unspecified atom stereocenters. The zero-order chi connectivity index (χ0) is 18.1. The van der Waals surface area contributed by atoms with Crippen LogP contribution in [0.3, 0.4) is 0 Å². The van der Waals surface area contributed by atoms with Crippen molar-refractivity contribution in [2.45, 2.75) is 63.6 Å². The van der Waals surface area contributed by atoms with Crippen molar-refractivity contribution in [3.8, 4) is 0 Å². The molecule has 2 atom stereocenters. The van der Waals surface area contributed by atoms with Gasteiger partial charge in [0.1, 0.15) is 0 Å². The highest BCUT2D eigenvalue weighted by molar-refractivity contribution is 5.83. The molecular formula is C19H25F2N5. The molecule has 1 fully saturated rings. The van der Waals surface area contributed by atoms with E-state index >= 15 is 0 Å². The zero-order valence-electron chi connectivity index (χ0n) is 15.0. The molecule has 3 heterocycles. The van der Waals surface area contributed by atoms with Gasteiger partial charge < -0.3 is 10.6 Å². The second-order valence-corrected chi connectivity index (χ2v) is 7.53. The molecule has 0 bridgehead atoms. The van der Waals surface area contributed by atoms with Crippen LogP contribution in [0.5, 0.6) is 0 Å². The monoisotopic (exact) mass is 361 g/mol. The molecule has 1 aromatic heterocycles. The van der Waals surface area contributed by atoms with E-state index in [0.29, 0.717) is 12.3 Å². The van der Waals surface area contributed by atoms with Crippen LogP contribution < -0.4 is 10.6 Å². The van der Waals surface area contributed by atoms with Crippen molar-refractivity contribution >= 4 is 12.0 Å². The second-order valence-electron chi connectivity index (χ2n) is 7.53. The van der Waals surface area contributed by atoms with Crippen molar-refractivity contribution in [3.63, 3.8) is 0 Å². The SMILES string of the molecule is CC12N=CNC(c3cnn(C(CCC(F)F)C4CCCC4)c3)=C1C=CN2. The lowest BCUT2D eigenvalue weighted by Crippen LogP contribution is -2.39. The third kappa shape index (κ3) is 3.15. The average Bonchev–Trinajstić information content (AvgIpc) is 3.34. The van der Waals surface area contributed by atoms with Gasteiger partial charge >= 0.3 is 0 Å². The summed E-state index contributed by atoms with van der Waals surface area (Å²) in [6.45, 7) is 2.02. The van der Waals surface area contributed by atoms with Crippen LogP contribution in [0.4, 0.5) is 8.78 Å². The Hall–Kier alpha value is -2.18. The lowest BCUT2D eigenvalue weighted by atomic mass is 9.94. The minimum absolute atomic E-state index is 0.0479. The van der Waals surface area contributed by atoms with E-state index in [2.05, 4.69) is 20.7 Å². The standard InChI is InChI=1S/C19H25F2N5/c1-19-15(8-9-23-19)18(22-12-24-19)14-10-25-26(11-14)16(6-7-17(20)21)13-4-2-3-5-13/h8-13,16-17,23H,2-7H2,1H3,(H,22,24). The number of halogens is 2. The van der Waals surface area contributed by atoms with Gasteiger partial charge in [-0.05, 0) is 44.4 Å². The molecule has 0 amide bonds. The number of nitrogens with zero attached hydrogens (tertiary/aromatic N) is 3. The summed E-state index contributed by atoms with van der Waals surface area (Å²) < 4.78 is 27.5. The molecule has 2 N–H and O–H groups in total. The Kier molecular flexibility index (Phi) is 4.54. The van der Waals surface area contributed by atoms with Gasteiger partial charge in [-0.2, -0.15) is 5.10 Å². The molecule has 5 nitrogen and oxygen atoms in total. The lowest BCUT2D eigenvalue weighted by Gasteiger charge is -2.28. The molecule has 7 heteroatoms. The van der Waals surface area contributed by atoms with Gasteiger partial charge in [0.2, 0.25) is 6.43 Å². The largest absolute Gasteiger partial charge is 0.364 e. The Morgan fingerprint density at radius 2 is 2.12 bits per heavy atom. The topological polar surface area (TPSA) is 54.2 Å². The first-order chi connectivity index (χ1) is 12.6. The predicted octanol–water partition coefficient (Wildman–Crippen LogP) is 3.84. The Labute approximate surface area is 152 Å². The fourth-order valence-corrected chi connectivity index (χ4v) is 4.37. The molecule has 0 spiro atoms. The smallest absolute Gasteiger partial charge is 0.238 e. The van der Waals surface area contributed by atoms with E-state index in [1.54, 1.807) is 6.34 Å². The van der Waals surface area contributed by atoms with E-state index in [-0.39, 0.29) is 12.5 Å². The molecule has 0 saturated heterocycles. The van der Waals surface area contributed by atoms with Crippen molar-refractivity contribution in [1.82, 2.24) is 20.4 Å². The molecule has 1 saturated carbocycles. The first-order valence-electron chi connectivity index (χ1n) is 9.39. The second kappa shape index (κ2) is 6.85. The van der Waals surface area contributed by atoms with Crippen molar-refractivity contribution < 1.29 is 8.78 Å². The van der Waals surface area contributed by atoms with Crippen LogP contribution >= 0.6 is 0 Å². The highest BCUT2D eigenvalue weighted by atomic mass is 19.3. The number of hydrogen-bond donors (Lipinski definition) is 2. The van der Waals surface area contributed by atoms with E-state index in [1.807, 2.05) is 36.3 Å². The zero-order valence-corrected chi connectivity index (χ0v) is 15.0. The Bertz CT molecular complexity index is 745. The van der Waals surface area contributed by atoms with Gasteiger partial charge in [-0.15, -0.1) is 0 Å². The van der Waals surface area contributed by atoms with Crippen LogP contribution in [-0.2, 0) is 0 Å². The van der Waals surface area contributed by atoms with Crippen molar-refractivity contribution in [3.05, 3.63) is 35.8 Å². The van der Waals surface area contributed by atoms with Gasteiger partial charge in [0, 0.05) is 23.8 Å². The van der Waals surface area contributed by atoms with Gasteiger partial charge in [-0.1, -0.05) is 12.8 Å². The number of fused-ring (bicyclic) bond motifs is 1. The highest BCUT2D eigenvalue weighted by Crippen LogP contribution is 2.38. The molecular weight excluding hydrogens is 336 g/mol. The molecule has 140 valence electrons. The van der Waals surface area contributed by atoms with Crippen LogP contribution in [0.15, 0.2) is 35.2 Å². The third-order valence-corrected chi connectivity index (χ3v) is 5.79. The average molecular weight is 361 g/mol. The molecule has 3 aliphatic rings. The first kappa shape index (κ1) is 17.2. The molecule has 4 rings (SSSR count). The number of hydrogen-bond acceptors (Lipinski definition) is 4. The Morgan fingerprint density at radius 1 is 1.31 bits per heavy atom. The molecule has 26 heavy (non-hydrogen) atoms. The van der Waals surface area contributed by atoms with Gasteiger partial charge in [-0.25, -0.2) is 13.8 Å².